The summed E-state index contributed by atoms with van der Waals surface area (Å²) in [6, 6.07) is 3.27. The molecule has 37 heavy (non-hydrogen) atoms. The molecular weight excluding hydrogens is 470 g/mol. The molecule has 0 aromatic heterocycles. The molecule has 2 atom stereocenters. The van der Waals surface area contributed by atoms with Crippen molar-refractivity contribution in [2.24, 2.45) is 5.92 Å². The van der Waals surface area contributed by atoms with Crippen molar-refractivity contribution in [2.75, 3.05) is 34.0 Å². The van der Waals surface area contributed by atoms with Gasteiger partial charge in [-0.25, -0.2) is 4.79 Å². The maximum absolute atomic E-state index is 14.3. The second-order valence-corrected chi connectivity index (χ2v) is 9.84. The van der Waals surface area contributed by atoms with Crippen molar-refractivity contribution >= 4 is 11.9 Å². The third kappa shape index (κ3) is 7.30. The van der Waals surface area contributed by atoms with Crippen LogP contribution in [0.25, 0.3) is 0 Å². The predicted octanol–water partition coefficient (Wildman–Crippen LogP) is 5.82. The lowest BCUT2D eigenvalue weighted by Crippen LogP contribution is -2.51. The van der Waals surface area contributed by atoms with E-state index in [0.717, 1.165) is 44.1 Å². The molecule has 1 heterocycles. The van der Waals surface area contributed by atoms with E-state index in [4.69, 9.17) is 18.9 Å². The first kappa shape index (κ1) is 28.6. The van der Waals surface area contributed by atoms with Crippen LogP contribution < -0.4 is 14.2 Å². The second kappa shape index (κ2) is 14.7. The van der Waals surface area contributed by atoms with E-state index in [-0.39, 0.29) is 24.4 Å². The van der Waals surface area contributed by atoms with Crippen LogP contribution in [0.3, 0.4) is 0 Å². The Morgan fingerprint density at radius 3 is 2.30 bits per heavy atom. The van der Waals surface area contributed by atoms with E-state index >= 15 is 0 Å². The van der Waals surface area contributed by atoms with Crippen LogP contribution >= 0.6 is 0 Å². The van der Waals surface area contributed by atoms with Gasteiger partial charge in [0.25, 0.3) is 0 Å². The van der Waals surface area contributed by atoms with Gasteiger partial charge in [0, 0.05) is 6.54 Å². The van der Waals surface area contributed by atoms with Crippen molar-refractivity contribution in [2.45, 2.75) is 76.2 Å². The third-order valence-corrected chi connectivity index (χ3v) is 7.42. The average Bonchev–Trinajstić information content (AvgIpc) is 2.93. The summed E-state index contributed by atoms with van der Waals surface area (Å²) in [5.41, 5.74) is 0.840. The Morgan fingerprint density at radius 1 is 0.946 bits per heavy atom. The van der Waals surface area contributed by atoms with Crippen LogP contribution in [-0.2, 0) is 14.3 Å². The van der Waals surface area contributed by atoms with Crippen LogP contribution in [0.1, 0.15) is 75.7 Å². The summed E-state index contributed by atoms with van der Waals surface area (Å²) < 4.78 is 22.8. The highest BCUT2D eigenvalue weighted by molar-refractivity contribution is 5.89. The van der Waals surface area contributed by atoms with Crippen LogP contribution in [0.4, 0.5) is 0 Å². The Morgan fingerprint density at radius 2 is 1.62 bits per heavy atom. The van der Waals surface area contributed by atoms with Gasteiger partial charge in [-0.1, -0.05) is 31.4 Å². The fraction of sp³-hybridized carbons (Fsp3) is 0.600. The molecule has 7 heteroatoms. The first-order valence-electron chi connectivity index (χ1n) is 13.6. The Hall–Kier alpha value is -2.96. The minimum absolute atomic E-state index is 0.0125. The molecule has 1 aliphatic carbocycles. The molecule has 0 bridgehead atoms. The minimum atomic E-state index is -0.555. The van der Waals surface area contributed by atoms with Crippen LogP contribution in [0.2, 0.25) is 0 Å². The average molecular weight is 514 g/mol. The van der Waals surface area contributed by atoms with Gasteiger partial charge in [-0.2, -0.15) is 0 Å². The summed E-state index contributed by atoms with van der Waals surface area (Å²) in [5, 5.41) is 0. The zero-order valence-electron chi connectivity index (χ0n) is 22.5. The number of benzene rings is 1. The lowest BCUT2D eigenvalue weighted by atomic mass is 9.75. The Kier molecular flexibility index (Phi) is 11.4. The van der Waals surface area contributed by atoms with Crippen molar-refractivity contribution in [3.05, 3.63) is 43.0 Å². The van der Waals surface area contributed by atoms with Gasteiger partial charge in [-0.05, 0) is 68.6 Å². The number of carbonyl (C=O) groups is 2. The number of likely N-dealkylation sites (tertiary alicyclic amines) is 1. The van der Waals surface area contributed by atoms with E-state index in [1.165, 1.54) is 6.42 Å². The molecule has 2 fully saturated rings. The lowest BCUT2D eigenvalue weighted by molar-refractivity contribution is -0.158. The highest BCUT2D eigenvalue weighted by Crippen LogP contribution is 2.45. The Bertz CT molecular complexity index is 923. The van der Waals surface area contributed by atoms with E-state index < -0.39 is 12.0 Å². The summed E-state index contributed by atoms with van der Waals surface area (Å²) in [6.07, 6.45) is 12.5. The van der Waals surface area contributed by atoms with Gasteiger partial charge < -0.3 is 23.8 Å². The zero-order chi connectivity index (χ0) is 26.6. The minimum Gasteiger partial charge on any atom is -0.493 e. The van der Waals surface area contributed by atoms with Crippen molar-refractivity contribution in [1.82, 2.24) is 4.90 Å². The molecule has 0 radical (unpaired) electrons. The van der Waals surface area contributed by atoms with E-state index in [2.05, 4.69) is 13.2 Å². The molecule has 7 nitrogen and oxygen atoms in total. The van der Waals surface area contributed by atoms with Gasteiger partial charge in [-0.15, -0.1) is 13.2 Å². The van der Waals surface area contributed by atoms with E-state index in [1.54, 1.807) is 31.3 Å². The maximum atomic E-state index is 14.3. The topological polar surface area (TPSA) is 74.3 Å². The van der Waals surface area contributed by atoms with Crippen LogP contribution in [-0.4, -0.2) is 56.8 Å². The molecular formula is C30H43NO6. The number of carbonyl (C=O) groups excluding carboxylic acids is 2. The van der Waals surface area contributed by atoms with Crippen molar-refractivity contribution in [1.29, 1.82) is 0 Å². The normalized spacial score (nSPS) is 19.0. The van der Waals surface area contributed by atoms with E-state index in [0.29, 0.717) is 49.7 Å². The fourth-order valence-electron chi connectivity index (χ4n) is 5.53. The molecule has 0 N–H and O–H groups in total. The van der Waals surface area contributed by atoms with Crippen molar-refractivity contribution in [3.8, 4) is 17.2 Å². The fourth-order valence-corrected chi connectivity index (χ4v) is 5.53. The summed E-state index contributed by atoms with van der Waals surface area (Å²) in [6.45, 7) is 8.74. The Labute approximate surface area is 221 Å². The van der Waals surface area contributed by atoms with Crippen molar-refractivity contribution < 1.29 is 28.5 Å². The molecule has 0 spiro atoms. The number of nitrogens with zero attached hydrogens (tertiary/aromatic N) is 1. The van der Waals surface area contributed by atoms with E-state index in [1.807, 2.05) is 12.1 Å². The molecule has 1 saturated heterocycles. The summed E-state index contributed by atoms with van der Waals surface area (Å²) in [7, 11) is 3.17. The van der Waals surface area contributed by atoms with Crippen LogP contribution in [0.5, 0.6) is 17.2 Å². The van der Waals surface area contributed by atoms with E-state index in [9.17, 15) is 9.59 Å². The molecule has 0 unspecified atom stereocenters. The molecule has 1 amide bonds. The first-order chi connectivity index (χ1) is 18.0. The summed E-state index contributed by atoms with van der Waals surface area (Å²) in [5.74, 6) is 1.03. The zero-order valence-corrected chi connectivity index (χ0v) is 22.5. The first-order valence-corrected chi connectivity index (χ1v) is 13.6. The molecule has 3 rings (SSSR count). The van der Waals surface area contributed by atoms with Gasteiger partial charge >= 0.3 is 5.97 Å². The van der Waals surface area contributed by atoms with Gasteiger partial charge in [0.15, 0.2) is 11.5 Å². The summed E-state index contributed by atoms with van der Waals surface area (Å²) >= 11 is 0. The number of hydrogen-bond donors (Lipinski definition) is 0. The molecule has 1 saturated carbocycles. The standard InChI is InChI=1S/C30H43NO6/c1-5-7-18-36-26-21-23(20-25(34-3)28(26)35-4)27(22-14-10-9-11-15-22)29(32)31-17-13-12-16-24(31)30(33)37-19-8-6-2/h5-6,20-22,24,27H,1-2,7-19H2,3-4H3/t24-,27-/m0/s1. The molecule has 2 aliphatic rings. The number of piperidine rings is 1. The smallest absolute Gasteiger partial charge is 0.328 e. The molecule has 204 valence electrons. The lowest BCUT2D eigenvalue weighted by Gasteiger charge is -2.39. The van der Waals surface area contributed by atoms with Gasteiger partial charge in [0.05, 0.1) is 33.4 Å². The van der Waals surface area contributed by atoms with Crippen LogP contribution in [0.15, 0.2) is 37.4 Å². The largest absolute Gasteiger partial charge is 0.493 e. The monoisotopic (exact) mass is 513 g/mol. The predicted molar refractivity (Wildman–Crippen MR) is 144 cm³/mol. The van der Waals surface area contributed by atoms with Gasteiger partial charge in [0.1, 0.15) is 6.04 Å². The highest BCUT2D eigenvalue weighted by Gasteiger charge is 2.40. The molecule has 1 aromatic carbocycles. The number of rotatable bonds is 13. The molecule has 1 aromatic rings. The van der Waals surface area contributed by atoms with Crippen LogP contribution in [0, 0.1) is 5.92 Å². The quantitative estimate of drug-likeness (QED) is 0.188. The van der Waals surface area contributed by atoms with Gasteiger partial charge in [0.2, 0.25) is 11.7 Å². The van der Waals surface area contributed by atoms with Gasteiger partial charge in [-0.3, -0.25) is 4.79 Å². The number of amides is 1. The maximum Gasteiger partial charge on any atom is 0.328 e. The summed E-state index contributed by atoms with van der Waals surface area (Å²) in [4.78, 5) is 29.1. The third-order valence-electron chi connectivity index (χ3n) is 7.42. The van der Waals surface area contributed by atoms with Crippen molar-refractivity contribution in [3.63, 3.8) is 0 Å². The Balaban J connectivity index is 1.99. The second-order valence-electron chi connectivity index (χ2n) is 9.84. The number of methoxy groups -OCH3 is 2. The number of esters is 1. The molecule has 1 aliphatic heterocycles. The number of ether oxygens (including phenoxy) is 4. The SMILES string of the molecule is C=CCCOC(=O)[C@@H]1CCCCN1C(=O)[C@H](c1cc(OC)c(OC)c(OCCC=C)c1)C1CCCCC1. The highest BCUT2D eigenvalue weighted by atomic mass is 16.5. The number of hydrogen-bond acceptors (Lipinski definition) is 6.